The second-order valence-corrected chi connectivity index (χ2v) is 6.03. The number of hydrazone groups is 1. The van der Waals surface area contributed by atoms with Crippen LogP contribution in [0.4, 0.5) is 5.69 Å². The third kappa shape index (κ3) is 5.29. The molecule has 3 aromatic carbocycles. The van der Waals surface area contributed by atoms with Gasteiger partial charge in [-0.25, -0.2) is 0 Å². The van der Waals surface area contributed by atoms with Gasteiger partial charge < -0.3 is 9.57 Å². The number of carbonyl (C=O) groups is 1. The fraction of sp³-hybridized carbons (Fsp3) is 0.0870. The number of benzene rings is 3. The molecule has 0 aliphatic heterocycles. The van der Waals surface area contributed by atoms with Gasteiger partial charge in [0.25, 0.3) is 0 Å². The molecule has 3 aromatic rings. The van der Waals surface area contributed by atoms with Gasteiger partial charge in [-0.1, -0.05) is 59.8 Å². The number of ether oxygens (including phenoxy) is 1. The molecular formula is C23H21N3O3. The van der Waals surface area contributed by atoms with Gasteiger partial charge in [-0.15, -0.1) is 0 Å². The van der Waals surface area contributed by atoms with Gasteiger partial charge in [0.2, 0.25) is 5.78 Å². The standard InChI is InChI=1S/C23H21N3O3/c1-28-21-14-12-20(13-15-21)25-26-22(16-24-29-2)23(27)19-10-8-18(9-11-19)17-6-4-3-5-7-17/h3-16,25H,1-2H3/b24-16-,26-22+. The fourth-order valence-electron chi connectivity index (χ4n) is 2.62. The van der Waals surface area contributed by atoms with Crippen molar-refractivity contribution in [2.45, 2.75) is 0 Å². The number of hydrogen-bond donors (Lipinski definition) is 1. The lowest BCUT2D eigenvalue weighted by Crippen LogP contribution is -2.18. The van der Waals surface area contributed by atoms with Gasteiger partial charge in [-0.05, 0) is 35.4 Å². The maximum atomic E-state index is 12.9. The summed E-state index contributed by atoms with van der Waals surface area (Å²) in [6, 6.07) is 24.5. The van der Waals surface area contributed by atoms with Gasteiger partial charge in [0, 0.05) is 5.56 Å². The molecule has 0 saturated carbocycles. The van der Waals surface area contributed by atoms with Crippen LogP contribution in [-0.4, -0.2) is 31.9 Å². The summed E-state index contributed by atoms with van der Waals surface area (Å²) in [5, 5.41) is 7.88. The van der Waals surface area contributed by atoms with Gasteiger partial charge in [0.05, 0.1) is 19.0 Å². The van der Waals surface area contributed by atoms with Crippen LogP contribution in [0.2, 0.25) is 0 Å². The molecule has 0 saturated heterocycles. The Balaban J connectivity index is 1.80. The molecule has 1 N–H and O–H groups in total. The van der Waals surface area contributed by atoms with Crippen LogP contribution in [0.1, 0.15) is 10.4 Å². The zero-order valence-electron chi connectivity index (χ0n) is 16.2. The molecule has 0 aliphatic carbocycles. The first-order valence-corrected chi connectivity index (χ1v) is 8.95. The number of ketones is 1. The Morgan fingerprint density at radius 1 is 0.862 bits per heavy atom. The average molecular weight is 387 g/mol. The van der Waals surface area contributed by atoms with E-state index in [4.69, 9.17) is 9.57 Å². The number of methoxy groups -OCH3 is 1. The van der Waals surface area contributed by atoms with E-state index in [1.807, 2.05) is 42.5 Å². The highest BCUT2D eigenvalue weighted by Crippen LogP contribution is 2.20. The SMILES string of the molecule is CO/N=C\C(=N/Nc1ccc(OC)cc1)C(=O)c1ccc(-c2ccccc2)cc1. The van der Waals surface area contributed by atoms with E-state index in [1.165, 1.54) is 13.3 Å². The first-order valence-electron chi connectivity index (χ1n) is 8.95. The topological polar surface area (TPSA) is 72.3 Å². The monoisotopic (exact) mass is 387 g/mol. The molecule has 29 heavy (non-hydrogen) atoms. The van der Waals surface area contributed by atoms with E-state index in [-0.39, 0.29) is 11.5 Å². The van der Waals surface area contributed by atoms with E-state index in [0.29, 0.717) is 11.3 Å². The second-order valence-electron chi connectivity index (χ2n) is 6.03. The summed E-state index contributed by atoms with van der Waals surface area (Å²) in [6.07, 6.45) is 1.28. The molecule has 0 fully saturated rings. The van der Waals surface area contributed by atoms with Crippen LogP contribution < -0.4 is 10.2 Å². The molecule has 0 aromatic heterocycles. The molecule has 6 heteroatoms. The van der Waals surface area contributed by atoms with Crippen molar-refractivity contribution >= 4 is 23.4 Å². The van der Waals surface area contributed by atoms with E-state index in [1.54, 1.807) is 43.5 Å². The lowest BCUT2D eigenvalue weighted by molar-refractivity contribution is 0.106. The number of Topliss-reactive ketones (excluding diaryl/α,β-unsaturated/α-hetero) is 1. The van der Waals surface area contributed by atoms with Crippen molar-refractivity contribution in [3.8, 4) is 16.9 Å². The lowest BCUT2D eigenvalue weighted by atomic mass is 10.0. The highest BCUT2D eigenvalue weighted by Gasteiger charge is 2.13. The number of oxime groups is 1. The van der Waals surface area contributed by atoms with Gasteiger partial charge in [-0.3, -0.25) is 10.2 Å². The summed E-state index contributed by atoms with van der Waals surface area (Å²) in [6.45, 7) is 0. The summed E-state index contributed by atoms with van der Waals surface area (Å²) in [5.41, 5.74) is 6.31. The molecule has 0 heterocycles. The summed E-state index contributed by atoms with van der Waals surface area (Å²) in [7, 11) is 3.01. The van der Waals surface area contributed by atoms with Crippen molar-refractivity contribution in [1.29, 1.82) is 0 Å². The maximum Gasteiger partial charge on any atom is 0.214 e. The molecule has 6 nitrogen and oxygen atoms in total. The highest BCUT2D eigenvalue weighted by molar-refractivity contribution is 6.64. The van der Waals surface area contributed by atoms with Crippen LogP contribution in [0.3, 0.4) is 0 Å². The van der Waals surface area contributed by atoms with Crippen molar-refractivity contribution < 1.29 is 14.4 Å². The number of nitrogens with zero attached hydrogens (tertiary/aromatic N) is 2. The average Bonchev–Trinajstić information content (AvgIpc) is 2.80. The zero-order chi connectivity index (χ0) is 20.5. The number of nitrogens with one attached hydrogen (secondary N) is 1. The summed E-state index contributed by atoms with van der Waals surface area (Å²) in [5.74, 6) is 0.460. The molecule has 146 valence electrons. The van der Waals surface area contributed by atoms with E-state index in [2.05, 4.69) is 15.7 Å². The predicted molar refractivity (Wildman–Crippen MR) is 116 cm³/mol. The normalized spacial score (nSPS) is 11.3. The van der Waals surface area contributed by atoms with Gasteiger partial charge in [-0.2, -0.15) is 5.10 Å². The molecular weight excluding hydrogens is 366 g/mol. The maximum absolute atomic E-state index is 12.9. The van der Waals surface area contributed by atoms with E-state index < -0.39 is 0 Å². The molecule has 0 spiro atoms. The van der Waals surface area contributed by atoms with E-state index in [0.717, 1.165) is 16.9 Å². The first kappa shape index (κ1) is 19.8. The van der Waals surface area contributed by atoms with Crippen LogP contribution in [-0.2, 0) is 4.84 Å². The fourth-order valence-corrected chi connectivity index (χ4v) is 2.62. The van der Waals surface area contributed by atoms with Crippen LogP contribution in [0.5, 0.6) is 5.75 Å². The highest BCUT2D eigenvalue weighted by atomic mass is 16.6. The summed E-state index contributed by atoms with van der Waals surface area (Å²) >= 11 is 0. The molecule has 0 aliphatic rings. The molecule has 3 rings (SSSR count). The van der Waals surface area contributed by atoms with Crippen molar-refractivity contribution in [3.63, 3.8) is 0 Å². The number of carbonyl (C=O) groups excluding carboxylic acids is 1. The Morgan fingerprint density at radius 3 is 2.14 bits per heavy atom. The van der Waals surface area contributed by atoms with Crippen molar-refractivity contribution in [1.82, 2.24) is 0 Å². The van der Waals surface area contributed by atoms with Gasteiger partial charge in [0.15, 0.2) is 5.71 Å². The number of anilines is 1. The zero-order valence-corrected chi connectivity index (χ0v) is 16.2. The van der Waals surface area contributed by atoms with E-state index in [9.17, 15) is 4.79 Å². The molecule has 0 radical (unpaired) electrons. The minimum Gasteiger partial charge on any atom is -0.497 e. The summed E-state index contributed by atoms with van der Waals surface area (Å²) in [4.78, 5) is 17.6. The van der Waals surface area contributed by atoms with Gasteiger partial charge >= 0.3 is 0 Å². The van der Waals surface area contributed by atoms with Crippen LogP contribution in [0.15, 0.2) is 89.1 Å². The number of rotatable bonds is 8. The molecule has 0 atom stereocenters. The third-order valence-corrected chi connectivity index (χ3v) is 4.16. The first-order chi connectivity index (χ1) is 14.2. The van der Waals surface area contributed by atoms with E-state index >= 15 is 0 Å². The van der Waals surface area contributed by atoms with Crippen LogP contribution >= 0.6 is 0 Å². The van der Waals surface area contributed by atoms with Gasteiger partial charge in [0.1, 0.15) is 12.9 Å². The minimum absolute atomic E-state index is 0.120. The Morgan fingerprint density at radius 2 is 1.52 bits per heavy atom. The van der Waals surface area contributed by atoms with Crippen molar-refractivity contribution in [2.24, 2.45) is 10.3 Å². The Bertz CT molecular complexity index is 996. The largest absolute Gasteiger partial charge is 0.497 e. The predicted octanol–water partition coefficient (Wildman–Crippen LogP) is 4.65. The minimum atomic E-state index is -0.272. The van der Waals surface area contributed by atoms with Crippen molar-refractivity contribution in [2.75, 3.05) is 19.6 Å². The van der Waals surface area contributed by atoms with Crippen LogP contribution in [0, 0.1) is 0 Å². The lowest BCUT2D eigenvalue weighted by Gasteiger charge is -2.06. The van der Waals surface area contributed by atoms with Crippen molar-refractivity contribution in [3.05, 3.63) is 84.4 Å². The Hall–Kier alpha value is -3.93. The smallest absolute Gasteiger partial charge is 0.214 e. The Labute approximate surface area is 169 Å². The molecule has 0 unspecified atom stereocenters. The second kappa shape index (κ2) is 9.85. The molecule has 0 bridgehead atoms. The summed E-state index contributed by atoms with van der Waals surface area (Å²) < 4.78 is 5.13. The Kier molecular flexibility index (Phi) is 6.73. The number of hydrogen-bond acceptors (Lipinski definition) is 6. The van der Waals surface area contributed by atoms with Crippen LogP contribution in [0.25, 0.3) is 11.1 Å². The third-order valence-electron chi connectivity index (χ3n) is 4.16. The quantitative estimate of drug-likeness (QED) is 0.347. The molecule has 0 amide bonds.